The number of hydrogen-bond acceptors (Lipinski definition) is 2. The number of aldehydes is 1. The van der Waals surface area contributed by atoms with E-state index in [-0.39, 0.29) is 0 Å². The zero-order valence-electron chi connectivity index (χ0n) is 5.08. The van der Waals surface area contributed by atoms with E-state index in [1.807, 2.05) is 0 Å². The Balaban J connectivity index is 2.86. The molecule has 0 amide bonds. The molecule has 52 valence electrons. The third-order valence-corrected chi connectivity index (χ3v) is 1.63. The summed E-state index contributed by atoms with van der Waals surface area (Å²) >= 11 is 3.16. The predicted molar refractivity (Wildman–Crippen MR) is 41.7 cm³/mol. The lowest BCUT2D eigenvalue weighted by atomic mass is 10.4. The monoisotopic (exact) mass is 200 g/mol. The van der Waals surface area contributed by atoms with Crippen LogP contribution in [0.25, 0.3) is 4.48 Å². The van der Waals surface area contributed by atoms with Crippen molar-refractivity contribution in [2.75, 3.05) is 0 Å². The molecule has 0 saturated carbocycles. The van der Waals surface area contributed by atoms with Crippen LogP contribution in [-0.4, -0.2) is 6.29 Å². The van der Waals surface area contributed by atoms with E-state index in [1.54, 1.807) is 18.4 Å². The maximum atomic E-state index is 9.96. The summed E-state index contributed by atoms with van der Waals surface area (Å²) < 4.78 is 5.63. The second kappa shape index (κ2) is 3.37. The average Bonchev–Trinajstić information content (AvgIpc) is 2.38. The predicted octanol–water partition coefficient (Wildman–Crippen LogP) is 2.21. The first-order valence-corrected chi connectivity index (χ1v) is 3.48. The minimum absolute atomic E-state index is 0.659. The summed E-state index contributed by atoms with van der Waals surface area (Å²) in [6.45, 7) is 0. The van der Waals surface area contributed by atoms with Gasteiger partial charge >= 0.3 is 0 Å². The zero-order chi connectivity index (χ0) is 7.40. The Labute approximate surface area is 66.7 Å². The first kappa shape index (κ1) is 7.28. The van der Waals surface area contributed by atoms with E-state index in [2.05, 4.69) is 15.9 Å². The molecule has 0 bridgehead atoms. The van der Waals surface area contributed by atoms with Crippen molar-refractivity contribution in [1.29, 1.82) is 0 Å². The summed E-state index contributed by atoms with van der Waals surface area (Å²) in [6.07, 6.45) is 3.64. The van der Waals surface area contributed by atoms with E-state index in [0.29, 0.717) is 16.5 Å². The average molecular weight is 201 g/mol. The van der Waals surface area contributed by atoms with Crippen molar-refractivity contribution < 1.29 is 9.21 Å². The molecule has 0 aliphatic heterocycles. The van der Waals surface area contributed by atoms with E-state index in [0.717, 1.165) is 0 Å². The highest BCUT2D eigenvalue weighted by Gasteiger charge is 1.97. The summed E-state index contributed by atoms with van der Waals surface area (Å²) in [4.78, 5) is 9.96. The lowest BCUT2D eigenvalue weighted by molar-refractivity contribution is -0.104. The van der Waals surface area contributed by atoms with E-state index >= 15 is 0 Å². The van der Waals surface area contributed by atoms with Crippen molar-refractivity contribution in [2.45, 2.75) is 0 Å². The zero-order valence-corrected chi connectivity index (χ0v) is 6.67. The molecule has 0 aromatic carbocycles. The minimum Gasteiger partial charge on any atom is -0.464 e. The Morgan fingerprint density at radius 2 is 2.50 bits per heavy atom. The van der Waals surface area contributed by atoms with Gasteiger partial charge in [0.2, 0.25) is 0 Å². The summed E-state index contributed by atoms with van der Waals surface area (Å²) in [5.74, 6) is 0.659. The molecule has 0 radical (unpaired) electrons. The first-order chi connectivity index (χ1) is 4.84. The van der Waals surface area contributed by atoms with Gasteiger partial charge in [-0.1, -0.05) is 0 Å². The third-order valence-electron chi connectivity index (χ3n) is 0.971. The molecule has 0 aliphatic rings. The van der Waals surface area contributed by atoms with Gasteiger partial charge in [-0.05, 0) is 34.1 Å². The molecular formula is C7H5BrO2. The fraction of sp³-hybridized carbons (Fsp3) is 0. The maximum Gasteiger partial charge on any atom is 0.144 e. The molecule has 0 unspecified atom stereocenters. The normalized spacial score (nSPS) is 11.5. The molecule has 3 heteroatoms. The van der Waals surface area contributed by atoms with E-state index < -0.39 is 0 Å². The van der Waals surface area contributed by atoms with Crippen LogP contribution < -0.4 is 0 Å². The summed E-state index contributed by atoms with van der Waals surface area (Å²) in [5, 5.41) is 0. The smallest absolute Gasteiger partial charge is 0.144 e. The minimum atomic E-state index is 0.659. The molecule has 0 spiro atoms. The molecule has 1 aromatic heterocycles. The Bertz CT molecular complexity index is 236. The Hall–Kier alpha value is -0.830. The van der Waals surface area contributed by atoms with Gasteiger partial charge in [0, 0.05) is 0 Å². The number of allylic oxidation sites excluding steroid dienone is 1. The number of rotatable bonds is 2. The van der Waals surface area contributed by atoms with Gasteiger partial charge in [-0.15, -0.1) is 0 Å². The van der Waals surface area contributed by atoms with Crippen molar-refractivity contribution in [3.05, 3.63) is 30.2 Å². The van der Waals surface area contributed by atoms with Gasteiger partial charge in [0.05, 0.1) is 10.7 Å². The Kier molecular flexibility index (Phi) is 2.45. The molecule has 0 fully saturated rings. The van der Waals surface area contributed by atoms with Gasteiger partial charge in [0.1, 0.15) is 12.0 Å². The number of halogens is 1. The molecule has 0 atom stereocenters. The highest BCUT2D eigenvalue weighted by Crippen LogP contribution is 2.19. The van der Waals surface area contributed by atoms with Gasteiger partial charge in [-0.3, -0.25) is 4.79 Å². The molecule has 1 aromatic rings. The lowest BCUT2D eigenvalue weighted by Gasteiger charge is -1.87. The van der Waals surface area contributed by atoms with Gasteiger partial charge in [0.25, 0.3) is 0 Å². The fourth-order valence-corrected chi connectivity index (χ4v) is 0.890. The highest BCUT2D eigenvalue weighted by molar-refractivity contribution is 9.15. The van der Waals surface area contributed by atoms with Crippen LogP contribution in [-0.2, 0) is 4.79 Å². The van der Waals surface area contributed by atoms with Gasteiger partial charge < -0.3 is 4.42 Å². The van der Waals surface area contributed by atoms with Gasteiger partial charge in [-0.25, -0.2) is 0 Å². The summed E-state index contributed by atoms with van der Waals surface area (Å²) in [7, 11) is 0. The molecule has 2 nitrogen and oxygen atoms in total. The molecule has 1 heterocycles. The van der Waals surface area contributed by atoms with Crippen LogP contribution in [0, 0.1) is 0 Å². The summed E-state index contributed by atoms with van der Waals surface area (Å²) in [6, 6.07) is 3.53. The summed E-state index contributed by atoms with van der Waals surface area (Å²) in [5.41, 5.74) is 0. The number of furan rings is 1. The van der Waals surface area contributed by atoms with Crippen LogP contribution in [0.4, 0.5) is 0 Å². The Morgan fingerprint density at radius 1 is 1.70 bits per heavy atom. The van der Waals surface area contributed by atoms with E-state index in [9.17, 15) is 4.79 Å². The van der Waals surface area contributed by atoms with Crippen molar-refractivity contribution >= 4 is 26.7 Å². The van der Waals surface area contributed by atoms with Crippen LogP contribution >= 0.6 is 15.9 Å². The Morgan fingerprint density at radius 3 is 3.00 bits per heavy atom. The molecule has 0 saturated heterocycles. The molecule has 0 N–H and O–H groups in total. The largest absolute Gasteiger partial charge is 0.464 e. The number of carbonyl (C=O) groups is 1. The standard InChI is InChI=1S/C7H5BrO2/c8-6(3-4-9)7-2-1-5-10-7/h1-5H/b6-3-. The highest BCUT2D eigenvalue weighted by atomic mass is 79.9. The van der Waals surface area contributed by atoms with E-state index in [4.69, 9.17) is 4.42 Å². The molecule has 1 rings (SSSR count). The van der Waals surface area contributed by atoms with Crippen molar-refractivity contribution in [3.63, 3.8) is 0 Å². The quantitative estimate of drug-likeness (QED) is 0.542. The van der Waals surface area contributed by atoms with Crippen molar-refractivity contribution in [1.82, 2.24) is 0 Å². The fourth-order valence-electron chi connectivity index (χ4n) is 0.556. The second-order valence-corrected chi connectivity index (χ2v) is 2.48. The van der Waals surface area contributed by atoms with Crippen LogP contribution in [0.3, 0.4) is 0 Å². The molecular weight excluding hydrogens is 196 g/mol. The SMILES string of the molecule is O=C/C=C(\Br)c1ccco1. The van der Waals surface area contributed by atoms with Crippen LogP contribution in [0.15, 0.2) is 28.9 Å². The lowest BCUT2D eigenvalue weighted by Crippen LogP contribution is -1.69. The van der Waals surface area contributed by atoms with E-state index in [1.165, 1.54) is 6.08 Å². The maximum absolute atomic E-state index is 9.96. The first-order valence-electron chi connectivity index (χ1n) is 2.69. The number of carbonyl (C=O) groups excluding carboxylic acids is 1. The number of hydrogen-bond donors (Lipinski definition) is 0. The van der Waals surface area contributed by atoms with Crippen molar-refractivity contribution in [2.24, 2.45) is 0 Å². The van der Waals surface area contributed by atoms with Gasteiger partial charge in [-0.2, -0.15) is 0 Å². The van der Waals surface area contributed by atoms with Crippen LogP contribution in [0.5, 0.6) is 0 Å². The van der Waals surface area contributed by atoms with Crippen LogP contribution in [0.2, 0.25) is 0 Å². The van der Waals surface area contributed by atoms with Crippen LogP contribution in [0.1, 0.15) is 5.76 Å². The topological polar surface area (TPSA) is 30.2 Å². The molecule has 10 heavy (non-hydrogen) atoms. The van der Waals surface area contributed by atoms with Crippen molar-refractivity contribution in [3.8, 4) is 0 Å². The molecule has 0 aliphatic carbocycles. The third kappa shape index (κ3) is 1.57. The second-order valence-electron chi connectivity index (χ2n) is 1.63. The van der Waals surface area contributed by atoms with Gasteiger partial charge in [0.15, 0.2) is 0 Å².